The van der Waals surface area contributed by atoms with Crippen LogP contribution >= 0.6 is 0 Å². The highest BCUT2D eigenvalue weighted by Crippen LogP contribution is 2.03. The largest absolute Gasteiger partial charge is 0.465 e. The molecule has 76 valence electrons. The van der Waals surface area contributed by atoms with Crippen LogP contribution in [0.2, 0.25) is 0 Å². The first-order chi connectivity index (χ1) is 6.77. The molecule has 0 unspecified atom stereocenters. The van der Waals surface area contributed by atoms with Gasteiger partial charge >= 0.3 is 5.97 Å². The Balaban J connectivity index is 2.63. The summed E-state index contributed by atoms with van der Waals surface area (Å²) in [6, 6.07) is 1.80. The summed E-state index contributed by atoms with van der Waals surface area (Å²) in [6.07, 6.45) is 1.52. The van der Waals surface area contributed by atoms with Crippen LogP contribution in [0.4, 0.5) is 0 Å². The molecule has 0 amide bonds. The molecule has 1 saturated heterocycles. The molecule has 1 aliphatic heterocycles. The maximum absolute atomic E-state index is 11.0. The third-order valence-electron chi connectivity index (χ3n) is 1.88. The van der Waals surface area contributed by atoms with Crippen molar-refractivity contribution in [2.24, 2.45) is 0 Å². The van der Waals surface area contributed by atoms with E-state index in [1.165, 1.54) is 13.3 Å². The number of methoxy groups -OCH3 is 1. The lowest BCUT2D eigenvalue weighted by atomic mass is 10.3. The molecule has 0 saturated carbocycles. The lowest BCUT2D eigenvalue weighted by molar-refractivity contribution is -0.135. The Morgan fingerprint density at radius 1 is 1.57 bits per heavy atom. The molecule has 1 heterocycles. The topological polar surface area (TPSA) is 62.6 Å². The average molecular weight is 196 g/mol. The van der Waals surface area contributed by atoms with Gasteiger partial charge in [0.25, 0.3) is 0 Å². The summed E-state index contributed by atoms with van der Waals surface area (Å²) < 4.78 is 9.59. The number of rotatable bonds is 2. The minimum atomic E-state index is -0.598. The smallest absolute Gasteiger partial charge is 0.350 e. The van der Waals surface area contributed by atoms with E-state index in [2.05, 4.69) is 4.74 Å². The average Bonchev–Trinajstić information content (AvgIpc) is 2.26. The van der Waals surface area contributed by atoms with E-state index in [9.17, 15) is 4.79 Å². The normalized spacial score (nSPS) is 17.4. The van der Waals surface area contributed by atoms with Crippen molar-refractivity contribution in [3.8, 4) is 6.07 Å². The van der Waals surface area contributed by atoms with E-state index in [0.717, 1.165) is 0 Å². The fourth-order valence-electron chi connectivity index (χ4n) is 1.13. The zero-order chi connectivity index (χ0) is 10.4. The Bertz CT molecular complexity index is 274. The van der Waals surface area contributed by atoms with Crippen molar-refractivity contribution in [1.29, 1.82) is 5.26 Å². The number of nitrogens with zero attached hydrogens (tertiary/aromatic N) is 2. The van der Waals surface area contributed by atoms with Crippen LogP contribution in [0.3, 0.4) is 0 Å². The molecule has 0 aromatic heterocycles. The quantitative estimate of drug-likeness (QED) is 0.350. The molecule has 0 atom stereocenters. The monoisotopic (exact) mass is 196 g/mol. The summed E-state index contributed by atoms with van der Waals surface area (Å²) in [5.41, 5.74) is 0.0226. The van der Waals surface area contributed by atoms with Crippen molar-refractivity contribution in [2.75, 3.05) is 33.4 Å². The number of morpholine rings is 1. The molecular formula is C9H12N2O3. The van der Waals surface area contributed by atoms with Crippen LogP contribution in [0.25, 0.3) is 0 Å². The van der Waals surface area contributed by atoms with E-state index in [1.807, 2.05) is 4.90 Å². The van der Waals surface area contributed by atoms with Gasteiger partial charge < -0.3 is 14.4 Å². The van der Waals surface area contributed by atoms with Gasteiger partial charge in [0.1, 0.15) is 6.07 Å². The van der Waals surface area contributed by atoms with E-state index in [1.54, 1.807) is 6.07 Å². The first-order valence-corrected chi connectivity index (χ1v) is 4.30. The van der Waals surface area contributed by atoms with Gasteiger partial charge in [-0.1, -0.05) is 0 Å². The van der Waals surface area contributed by atoms with Gasteiger partial charge in [-0.15, -0.1) is 0 Å². The number of hydrogen-bond acceptors (Lipinski definition) is 5. The van der Waals surface area contributed by atoms with Crippen LogP contribution in [0.5, 0.6) is 0 Å². The van der Waals surface area contributed by atoms with Crippen LogP contribution in [0.1, 0.15) is 0 Å². The first-order valence-electron chi connectivity index (χ1n) is 4.30. The summed E-state index contributed by atoms with van der Waals surface area (Å²) in [7, 11) is 1.26. The molecule has 0 aliphatic carbocycles. The molecule has 0 N–H and O–H groups in total. The van der Waals surface area contributed by atoms with Gasteiger partial charge in [0.15, 0.2) is 5.57 Å². The second-order valence-corrected chi connectivity index (χ2v) is 2.79. The molecule has 0 bridgehead atoms. The van der Waals surface area contributed by atoms with Gasteiger partial charge in [-0.3, -0.25) is 0 Å². The van der Waals surface area contributed by atoms with Crippen LogP contribution < -0.4 is 0 Å². The number of hydrogen-bond donors (Lipinski definition) is 0. The SMILES string of the molecule is COC(=O)/C(C#N)=C/N1CCOCC1. The molecule has 0 spiro atoms. The molecule has 14 heavy (non-hydrogen) atoms. The summed E-state index contributed by atoms with van der Waals surface area (Å²) in [5.74, 6) is -0.598. The molecule has 1 rings (SSSR count). The lowest BCUT2D eigenvalue weighted by Gasteiger charge is -2.25. The number of ether oxygens (including phenoxy) is 2. The molecule has 5 nitrogen and oxygen atoms in total. The zero-order valence-corrected chi connectivity index (χ0v) is 8.02. The van der Waals surface area contributed by atoms with E-state index >= 15 is 0 Å². The zero-order valence-electron chi connectivity index (χ0n) is 8.02. The standard InChI is InChI=1S/C9H12N2O3/c1-13-9(12)8(6-10)7-11-2-4-14-5-3-11/h7H,2-5H2,1H3/b8-7+. The Morgan fingerprint density at radius 3 is 2.71 bits per heavy atom. The van der Waals surface area contributed by atoms with Crippen LogP contribution in [-0.4, -0.2) is 44.3 Å². The first kappa shape index (κ1) is 10.5. The van der Waals surface area contributed by atoms with Crippen molar-refractivity contribution in [2.45, 2.75) is 0 Å². The molecule has 1 fully saturated rings. The third kappa shape index (κ3) is 2.75. The van der Waals surface area contributed by atoms with E-state index in [-0.39, 0.29) is 5.57 Å². The fraction of sp³-hybridized carbons (Fsp3) is 0.556. The molecule has 0 aromatic carbocycles. The van der Waals surface area contributed by atoms with Crippen molar-refractivity contribution in [1.82, 2.24) is 4.90 Å². The van der Waals surface area contributed by atoms with Gasteiger partial charge in [-0.2, -0.15) is 5.26 Å². The second kappa shape index (κ2) is 5.25. The van der Waals surface area contributed by atoms with Crippen molar-refractivity contribution in [3.63, 3.8) is 0 Å². The summed E-state index contributed by atoms with van der Waals surface area (Å²) >= 11 is 0. The summed E-state index contributed by atoms with van der Waals surface area (Å²) in [6.45, 7) is 2.64. The minimum Gasteiger partial charge on any atom is -0.465 e. The highest BCUT2D eigenvalue weighted by Gasteiger charge is 2.12. The van der Waals surface area contributed by atoms with Gasteiger partial charge in [0.2, 0.25) is 0 Å². The predicted octanol–water partition coefficient (Wildman–Crippen LogP) is -0.101. The Morgan fingerprint density at radius 2 is 2.21 bits per heavy atom. The van der Waals surface area contributed by atoms with E-state index in [0.29, 0.717) is 26.3 Å². The highest BCUT2D eigenvalue weighted by atomic mass is 16.5. The van der Waals surface area contributed by atoms with Gasteiger partial charge in [-0.05, 0) is 0 Å². The maximum atomic E-state index is 11.0. The number of carbonyl (C=O) groups is 1. The van der Waals surface area contributed by atoms with Crippen molar-refractivity contribution in [3.05, 3.63) is 11.8 Å². The van der Waals surface area contributed by atoms with Crippen molar-refractivity contribution >= 4 is 5.97 Å². The van der Waals surface area contributed by atoms with Crippen LogP contribution in [0.15, 0.2) is 11.8 Å². The van der Waals surface area contributed by atoms with Crippen LogP contribution in [-0.2, 0) is 14.3 Å². The van der Waals surface area contributed by atoms with Crippen molar-refractivity contribution < 1.29 is 14.3 Å². The highest BCUT2D eigenvalue weighted by molar-refractivity contribution is 5.92. The van der Waals surface area contributed by atoms with Gasteiger partial charge in [-0.25, -0.2) is 4.79 Å². The van der Waals surface area contributed by atoms with Gasteiger partial charge in [0.05, 0.1) is 20.3 Å². The van der Waals surface area contributed by atoms with E-state index < -0.39 is 5.97 Å². The number of nitriles is 1. The second-order valence-electron chi connectivity index (χ2n) is 2.79. The minimum absolute atomic E-state index is 0.0226. The summed E-state index contributed by atoms with van der Waals surface area (Å²) in [5, 5.41) is 8.68. The Kier molecular flexibility index (Phi) is 3.95. The lowest BCUT2D eigenvalue weighted by Crippen LogP contribution is -2.32. The molecule has 0 aromatic rings. The number of carbonyl (C=O) groups excluding carboxylic acids is 1. The molecular weight excluding hydrogens is 184 g/mol. The van der Waals surface area contributed by atoms with E-state index in [4.69, 9.17) is 10.00 Å². The molecule has 0 radical (unpaired) electrons. The third-order valence-corrected chi connectivity index (χ3v) is 1.88. The van der Waals surface area contributed by atoms with Gasteiger partial charge in [0, 0.05) is 19.3 Å². The molecule has 5 heteroatoms. The predicted molar refractivity (Wildman–Crippen MR) is 48.1 cm³/mol. The summed E-state index contributed by atoms with van der Waals surface area (Å²) in [4.78, 5) is 12.9. The Hall–Kier alpha value is -1.54. The number of esters is 1. The van der Waals surface area contributed by atoms with Crippen LogP contribution in [0, 0.1) is 11.3 Å². The fourth-order valence-corrected chi connectivity index (χ4v) is 1.13. The molecule has 1 aliphatic rings. The maximum Gasteiger partial charge on any atom is 0.350 e. The Labute approximate surface area is 82.5 Å².